The molecule has 2 aromatic rings. The molecule has 3 amide bonds. The molecule has 1 aromatic carbocycles. The Morgan fingerprint density at radius 2 is 1.76 bits per heavy atom. The first-order valence-corrected chi connectivity index (χ1v) is 12.7. The SMILES string of the molecule is Cc1ccc(C(=O)N2CC(C)CC(C)C2)cc1NC(=O)C1CCCN(C(=O)c2cccs2)C1. The average molecular weight is 468 g/mol. The van der Waals surface area contributed by atoms with E-state index < -0.39 is 0 Å². The molecule has 0 saturated carbocycles. The van der Waals surface area contributed by atoms with Gasteiger partial charge in [0.15, 0.2) is 0 Å². The van der Waals surface area contributed by atoms with Crippen molar-refractivity contribution in [2.45, 2.75) is 40.0 Å². The van der Waals surface area contributed by atoms with E-state index in [1.54, 1.807) is 11.0 Å². The molecule has 0 aliphatic carbocycles. The number of thiophene rings is 1. The smallest absolute Gasteiger partial charge is 0.263 e. The number of nitrogens with zero attached hydrogens (tertiary/aromatic N) is 2. The van der Waals surface area contributed by atoms with Gasteiger partial charge in [0.05, 0.1) is 10.8 Å². The van der Waals surface area contributed by atoms with Gasteiger partial charge in [0.1, 0.15) is 0 Å². The minimum absolute atomic E-state index is 0.00346. The number of anilines is 1. The molecule has 7 heteroatoms. The number of aryl methyl sites for hydroxylation is 1. The number of rotatable bonds is 4. The lowest BCUT2D eigenvalue weighted by Crippen LogP contribution is -2.43. The molecule has 3 heterocycles. The largest absolute Gasteiger partial charge is 0.338 e. The Morgan fingerprint density at radius 3 is 2.45 bits per heavy atom. The molecule has 0 bridgehead atoms. The fourth-order valence-corrected chi connectivity index (χ4v) is 5.76. The Morgan fingerprint density at radius 1 is 1.00 bits per heavy atom. The third-order valence-corrected chi connectivity index (χ3v) is 7.57. The van der Waals surface area contributed by atoms with Gasteiger partial charge in [-0.1, -0.05) is 26.0 Å². The standard InChI is InChI=1S/C26H33N3O3S/c1-17-12-18(2)15-29(14-17)25(31)20-9-8-19(3)22(13-20)27-24(30)21-6-4-10-28(16-21)26(32)23-7-5-11-33-23/h5,7-9,11,13,17-18,21H,4,6,10,12,14-16H2,1-3H3,(H,27,30). The first-order valence-electron chi connectivity index (χ1n) is 11.9. The predicted octanol–water partition coefficient (Wildman–Crippen LogP) is 4.67. The molecule has 2 aliphatic rings. The first-order chi connectivity index (χ1) is 15.8. The van der Waals surface area contributed by atoms with Gasteiger partial charge in [-0.2, -0.15) is 0 Å². The number of carbonyl (C=O) groups is 3. The number of likely N-dealkylation sites (tertiary alicyclic amines) is 2. The summed E-state index contributed by atoms with van der Waals surface area (Å²) in [6.07, 6.45) is 2.70. The lowest BCUT2D eigenvalue weighted by molar-refractivity contribution is -0.121. The molecular formula is C26H33N3O3S. The van der Waals surface area contributed by atoms with Crippen LogP contribution in [-0.2, 0) is 4.79 Å². The summed E-state index contributed by atoms with van der Waals surface area (Å²) in [7, 11) is 0. The topological polar surface area (TPSA) is 69.7 Å². The second-order valence-corrected chi connectivity index (χ2v) is 10.7. The van der Waals surface area contributed by atoms with E-state index in [4.69, 9.17) is 0 Å². The lowest BCUT2D eigenvalue weighted by atomic mass is 9.91. The monoisotopic (exact) mass is 467 g/mol. The van der Waals surface area contributed by atoms with Crippen LogP contribution >= 0.6 is 11.3 Å². The molecule has 33 heavy (non-hydrogen) atoms. The minimum atomic E-state index is -0.259. The molecular weight excluding hydrogens is 434 g/mol. The summed E-state index contributed by atoms with van der Waals surface area (Å²) < 4.78 is 0. The van der Waals surface area contributed by atoms with Gasteiger partial charge < -0.3 is 15.1 Å². The number of benzene rings is 1. The second kappa shape index (κ2) is 10.1. The Balaban J connectivity index is 1.43. The van der Waals surface area contributed by atoms with Crippen molar-refractivity contribution < 1.29 is 14.4 Å². The number of hydrogen-bond acceptors (Lipinski definition) is 4. The van der Waals surface area contributed by atoms with Gasteiger partial charge in [-0.3, -0.25) is 14.4 Å². The second-order valence-electron chi connectivity index (χ2n) is 9.74. The van der Waals surface area contributed by atoms with Gasteiger partial charge in [-0.15, -0.1) is 11.3 Å². The average Bonchev–Trinajstić information content (AvgIpc) is 3.34. The molecule has 3 unspecified atom stereocenters. The van der Waals surface area contributed by atoms with Crippen LogP contribution < -0.4 is 5.32 Å². The van der Waals surface area contributed by atoms with Crippen LogP contribution in [0.25, 0.3) is 0 Å². The van der Waals surface area contributed by atoms with E-state index in [2.05, 4.69) is 19.2 Å². The van der Waals surface area contributed by atoms with Crippen molar-refractivity contribution in [3.8, 4) is 0 Å². The number of nitrogens with one attached hydrogen (secondary N) is 1. The van der Waals surface area contributed by atoms with Crippen LogP contribution in [-0.4, -0.2) is 53.7 Å². The van der Waals surface area contributed by atoms with Crippen LogP contribution in [0.1, 0.15) is 58.7 Å². The van der Waals surface area contributed by atoms with Crippen molar-refractivity contribution in [3.63, 3.8) is 0 Å². The molecule has 3 atom stereocenters. The van der Waals surface area contributed by atoms with E-state index in [0.29, 0.717) is 41.1 Å². The summed E-state index contributed by atoms with van der Waals surface area (Å²) in [5.41, 5.74) is 2.20. The molecule has 2 aliphatic heterocycles. The van der Waals surface area contributed by atoms with Gasteiger partial charge in [-0.05, 0) is 67.2 Å². The van der Waals surface area contributed by atoms with E-state index >= 15 is 0 Å². The molecule has 0 spiro atoms. The molecule has 2 fully saturated rings. The first kappa shape index (κ1) is 23.5. The quantitative estimate of drug-likeness (QED) is 0.711. The molecule has 1 aromatic heterocycles. The van der Waals surface area contributed by atoms with Crippen LogP contribution in [0.4, 0.5) is 5.69 Å². The van der Waals surface area contributed by atoms with Gasteiger partial charge >= 0.3 is 0 Å². The number of carbonyl (C=O) groups excluding carboxylic acids is 3. The maximum Gasteiger partial charge on any atom is 0.263 e. The van der Waals surface area contributed by atoms with Crippen LogP contribution in [0.5, 0.6) is 0 Å². The van der Waals surface area contributed by atoms with Crippen molar-refractivity contribution in [2.75, 3.05) is 31.5 Å². The molecule has 0 radical (unpaired) electrons. The number of hydrogen-bond donors (Lipinski definition) is 1. The summed E-state index contributed by atoms with van der Waals surface area (Å²) in [6.45, 7) is 8.95. The van der Waals surface area contributed by atoms with Crippen molar-refractivity contribution in [1.29, 1.82) is 0 Å². The van der Waals surface area contributed by atoms with Crippen molar-refractivity contribution in [1.82, 2.24) is 9.80 Å². The Kier molecular flexibility index (Phi) is 7.17. The zero-order valence-corrected chi connectivity index (χ0v) is 20.5. The minimum Gasteiger partial charge on any atom is -0.338 e. The predicted molar refractivity (Wildman–Crippen MR) is 132 cm³/mol. The zero-order valence-electron chi connectivity index (χ0n) is 19.7. The lowest BCUT2D eigenvalue weighted by Gasteiger charge is -2.35. The molecule has 1 N–H and O–H groups in total. The highest BCUT2D eigenvalue weighted by molar-refractivity contribution is 7.12. The van der Waals surface area contributed by atoms with Crippen LogP contribution in [0.3, 0.4) is 0 Å². The third kappa shape index (κ3) is 5.46. The summed E-state index contributed by atoms with van der Waals surface area (Å²) in [5.74, 6) is 0.657. The maximum atomic E-state index is 13.1. The highest BCUT2D eigenvalue weighted by Gasteiger charge is 2.30. The van der Waals surface area contributed by atoms with E-state index in [1.807, 2.05) is 41.5 Å². The molecule has 6 nitrogen and oxygen atoms in total. The van der Waals surface area contributed by atoms with Crippen LogP contribution in [0.15, 0.2) is 35.7 Å². The van der Waals surface area contributed by atoms with Crippen molar-refractivity contribution >= 4 is 34.7 Å². The van der Waals surface area contributed by atoms with Crippen molar-refractivity contribution in [3.05, 3.63) is 51.7 Å². The van der Waals surface area contributed by atoms with E-state index in [-0.39, 0.29) is 23.6 Å². The summed E-state index contributed by atoms with van der Waals surface area (Å²) in [6, 6.07) is 9.24. The zero-order chi connectivity index (χ0) is 23.5. The van der Waals surface area contributed by atoms with Crippen LogP contribution in [0.2, 0.25) is 0 Å². The normalized spacial score (nSPS) is 23.3. The fourth-order valence-electron chi connectivity index (χ4n) is 5.07. The van der Waals surface area contributed by atoms with Crippen LogP contribution in [0, 0.1) is 24.7 Å². The fraction of sp³-hybridized carbons (Fsp3) is 0.500. The van der Waals surface area contributed by atoms with Crippen molar-refractivity contribution in [2.24, 2.45) is 17.8 Å². The Hall–Kier alpha value is -2.67. The van der Waals surface area contributed by atoms with Gasteiger partial charge in [-0.25, -0.2) is 0 Å². The summed E-state index contributed by atoms with van der Waals surface area (Å²) in [4.78, 5) is 43.4. The van der Waals surface area contributed by atoms with E-state index in [0.717, 1.165) is 37.9 Å². The van der Waals surface area contributed by atoms with Gasteiger partial charge in [0, 0.05) is 37.4 Å². The Labute approximate surface area is 200 Å². The number of amides is 3. The Bertz CT molecular complexity index is 1010. The highest BCUT2D eigenvalue weighted by Crippen LogP contribution is 2.26. The molecule has 2 saturated heterocycles. The summed E-state index contributed by atoms with van der Waals surface area (Å²) >= 11 is 1.43. The molecule has 176 valence electrons. The van der Waals surface area contributed by atoms with E-state index in [1.165, 1.54) is 11.3 Å². The van der Waals surface area contributed by atoms with Gasteiger partial charge in [0.25, 0.3) is 11.8 Å². The van der Waals surface area contributed by atoms with Gasteiger partial charge in [0.2, 0.25) is 5.91 Å². The highest BCUT2D eigenvalue weighted by atomic mass is 32.1. The summed E-state index contributed by atoms with van der Waals surface area (Å²) in [5, 5.41) is 4.94. The number of piperidine rings is 2. The third-order valence-electron chi connectivity index (χ3n) is 6.71. The van der Waals surface area contributed by atoms with E-state index in [9.17, 15) is 14.4 Å². The molecule has 4 rings (SSSR count). The maximum absolute atomic E-state index is 13.1.